The number of hydrogen-bond donors (Lipinski definition) is 0. The first-order valence-corrected chi connectivity index (χ1v) is 0. The van der Waals surface area contributed by atoms with Crippen molar-refractivity contribution in [2.75, 3.05) is 0 Å². The predicted molar refractivity (Wildman–Crippen MR) is 13.3 cm³/mol. The zero-order chi connectivity index (χ0) is 0. The molecule has 0 N–H and O–H groups in total. The summed E-state index contributed by atoms with van der Waals surface area (Å²) in [6, 6.07) is 0. The molecule has 0 aromatic rings. The fraction of sp³-hybridized carbons (Fsp3) is 0. The van der Waals surface area contributed by atoms with Gasteiger partial charge in [-0.05, 0) is 0 Å². The average Bonchev–Trinajstić information content (AvgIpc) is 0. The molecular weight excluding hydrogens is 284 g/mol. The van der Waals surface area contributed by atoms with Crippen LogP contribution in [0.3, 0.4) is 0 Å². The molecule has 0 aromatic carbocycles. The molecule has 1 radical (unpaired) electrons. The number of hydrogen-bond acceptors (Lipinski definition) is 0. The first kappa shape index (κ1) is 33.0. The van der Waals surface area contributed by atoms with E-state index in [0.717, 1.165) is 0 Å². The molecule has 0 aromatic heterocycles. The van der Waals surface area contributed by atoms with Gasteiger partial charge < -0.3 is 4.28 Å². The molecule has 5 heteroatoms. The van der Waals surface area contributed by atoms with E-state index in [1.165, 1.54) is 0 Å². The van der Waals surface area contributed by atoms with E-state index >= 15 is 0 Å². The van der Waals surface area contributed by atoms with Gasteiger partial charge in [-0.25, -0.2) is 0 Å². The van der Waals surface area contributed by atoms with Crippen LogP contribution in [0.15, 0.2) is 0 Å². The molecule has 0 saturated carbocycles. The van der Waals surface area contributed by atoms with Gasteiger partial charge in [0.05, 0.1) is 0 Å². The summed E-state index contributed by atoms with van der Waals surface area (Å²) in [5, 5.41) is 0. The maximum atomic E-state index is 0. The standard InChI is InChI=1S/K.Li.Na.Nb.Sb.6H/q3*+1;;;;;;3*-1. The van der Waals surface area contributed by atoms with E-state index in [9.17, 15) is 0 Å². The summed E-state index contributed by atoms with van der Waals surface area (Å²) in [7, 11) is 0. The van der Waals surface area contributed by atoms with Gasteiger partial charge in [0.15, 0.2) is 0 Å². The van der Waals surface area contributed by atoms with E-state index in [1.807, 2.05) is 0 Å². The summed E-state index contributed by atoms with van der Waals surface area (Å²) in [4.78, 5) is 0. The third-order valence-corrected chi connectivity index (χ3v) is 0. The molecular formula is H6KLiNaNbSb. The molecule has 5 heavy (non-hydrogen) atoms. The van der Waals surface area contributed by atoms with E-state index < -0.39 is 0 Å². The van der Waals surface area contributed by atoms with Gasteiger partial charge in [0.25, 0.3) is 0 Å². The Kier molecular flexibility index (Phi) is 153. The van der Waals surface area contributed by atoms with Gasteiger partial charge >= 0.3 is 124 Å². The van der Waals surface area contributed by atoms with Crippen LogP contribution in [0.25, 0.3) is 0 Å². The monoisotopic (exact) mass is 289 g/mol. The van der Waals surface area contributed by atoms with Crippen LogP contribution in [0.2, 0.25) is 0 Å². The molecule has 0 rings (SSSR count). The quantitative estimate of drug-likeness (QED) is 0.389. The van der Waals surface area contributed by atoms with E-state index in [-0.39, 0.29) is 151 Å². The maximum absolute atomic E-state index is 0. The summed E-state index contributed by atoms with van der Waals surface area (Å²) in [5.41, 5.74) is 0. The van der Waals surface area contributed by atoms with Gasteiger partial charge in [-0.3, -0.25) is 0 Å². The van der Waals surface area contributed by atoms with Crippen LogP contribution in [0.4, 0.5) is 0 Å². The Hall–Kier alpha value is 4.79. The second kappa shape index (κ2) is 23.2. The van der Waals surface area contributed by atoms with Crippen molar-refractivity contribution in [3.05, 3.63) is 0 Å². The molecule has 0 nitrogen and oxygen atoms in total. The van der Waals surface area contributed by atoms with Crippen molar-refractivity contribution in [1.29, 1.82) is 0 Å². The van der Waals surface area contributed by atoms with Gasteiger partial charge in [-0.2, -0.15) is 0 Å². The van der Waals surface area contributed by atoms with E-state index in [2.05, 4.69) is 0 Å². The van der Waals surface area contributed by atoms with Crippen molar-refractivity contribution in [1.82, 2.24) is 0 Å². The Morgan fingerprint density at radius 2 is 1.20 bits per heavy atom. The molecule has 0 atom stereocenters. The minimum absolute atomic E-state index is 0. The third-order valence-electron chi connectivity index (χ3n) is 0. The van der Waals surface area contributed by atoms with Crippen LogP contribution in [0.5, 0.6) is 0 Å². The Balaban J connectivity index is 0. The van der Waals surface area contributed by atoms with Gasteiger partial charge in [-0.15, -0.1) is 0 Å². The summed E-state index contributed by atoms with van der Waals surface area (Å²) in [6.45, 7) is 0. The van der Waals surface area contributed by atoms with Crippen molar-refractivity contribution >= 4 is 24.4 Å². The molecule has 19 valence electrons. The Bertz CT molecular complexity index is 19.2. The van der Waals surface area contributed by atoms with Crippen LogP contribution >= 0.6 is 0 Å². The van der Waals surface area contributed by atoms with Crippen LogP contribution in [0.1, 0.15) is 4.28 Å². The average molecular weight is 290 g/mol. The zero-order valence-corrected chi connectivity index (χ0v) is 15.5. The molecule has 0 aliphatic carbocycles. The van der Waals surface area contributed by atoms with E-state index in [4.69, 9.17) is 0 Å². The molecule has 0 amide bonds. The Morgan fingerprint density at radius 3 is 1.20 bits per heavy atom. The van der Waals surface area contributed by atoms with Gasteiger partial charge in [0.2, 0.25) is 0 Å². The molecule has 0 spiro atoms. The van der Waals surface area contributed by atoms with Crippen molar-refractivity contribution in [2.45, 2.75) is 0 Å². The van der Waals surface area contributed by atoms with Gasteiger partial charge in [-0.1, -0.05) is 0 Å². The summed E-state index contributed by atoms with van der Waals surface area (Å²) < 4.78 is 0. The summed E-state index contributed by atoms with van der Waals surface area (Å²) in [6.07, 6.45) is 0. The second-order valence-corrected chi connectivity index (χ2v) is 0. The Morgan fingerprint density at radius 1 is 1.20 bits per heavy atom. The van der Waals surface area contributed by atoms with Crippen molar-refractivity contribution in [3.8, 4) is 0 Å². The SMILES string of the molecule is [H-].[H-].[H-].[K+].[Li+].[Na+].[Nb].[SbH3]. The zero-order valence-electron chi connectivity index (χ0n) is 7.15. The molecule has 0 fully saturated rings. The first-order chi connectivity index (χ1) is 0. The van der Waals surface area contributed by atoms with E-state index in [1.54, 1.807) is 0 Å². The van der Waals surface area contributed by atoms with Crippen LogP contribution in [-0.4, -0.2) is 24.4 Å². The topological polar surface area (TPSA) is 0 Å². The summed E-state index contributed by atoms with van der Waals surface area (Å²) >= 11 is 0. The van der Waals surface area contributed by atoms with Crippen LogP contribution in [-0.2, 0) is 22.4 Å². The second-order valence-electron chi connectivity index (χ2n) is 0. The van der Waals surface area contributed by atoms with Crippen molar-refractivity contribution in [3.63, 3.8) is 0 Å². The fourth-order valence-corrected chi connectivity index (χ4v) is 0. The Labute approximate surface area is 147 Å². The summed E-state index contributed by atoms with van der Waals surface area (Å²) in [5.74, 6) is 0. The van der Waals surface area contributed by atoms with Crippen molar-refractivity contribution in [2.24, 2.45) is 0 Å². The van der Waals surface area contributed by atoms with Crippen molar-refractivity contribution < 1.29 is 126 Å². The predicted octanol–water partition coefficient (Wildman–Crippen LogP) is -9.84. The fourth-order valence-electron chi connectivity index (χ4n) is 0. The first-order valence-electron chi connectivity index (χ1n) is 0. The number of rotatable bonds is 0. The molecule has 0 unspecified atom stereocenters. The normalized spacial score (nSPS) is 0. The van der Waals surface area contributed by atoms with Crippen LogP contribution in [0, 0.1) is 0 Å². The molecule has 0 heterocycles. The van der Waals surface area contributed by atoms with E-state index in [0.29, 0.717) is 0 Å². The molecule has 0 bridgehead atoms. The van der Waals surface area contributed by atoms with Gasteiger partial charge in [0.1, 0.15) is 0 Å². The minimum atomic E-state index is 0. The molecule has 0 aliphatic rings. The molecule has 0 saturated heterocycles. The van der Waals surface area contributed by atoms with Crippen LogP contribution < -0.4 is 99.8 Å². The molecule has 0 aliphatic heterocycles. The van der Waals surface area contributed by atoms with Gasteiger partial charge in [0, 0.05) is 22.4 Å². The third kappa shape index (κ3) is 17.7.